The Hall–Kier alpha value is -1.56. The van der Waals surface area contributed by atoms with Crippen molar-refractivity contribution in [2.24, 2.45) is 5.73 Å². The summed E-state index contributed by atoms with van der Waals surface area (Å²) in [7, 11) is 0. The fraction of sp³-hybridized carbons (Fsp3) is 0.571. The van der Waals surface area contributed by atoms with Crippen LogP contribution in [0.4, 0.5) is 14.5 Å². The Bertz CT molecular complexity index is 522. The van der Waals surface area contributed by atoms with E-state index in [-0.39, 0.29) is 37.9 Å². The van der Waals surface area contributed by atoms with Crippen LogP contribution < -0.4 is 5.73 Å². The number of aryl methyl sites for hydroxylation is 1. The lowest BCUT2D eigenvalue weighted by Gasteiger charge is -2.40. The lowest BCUT2D eigenvalue weighted by atomic mass is 9.67. The zero-order valence-corrected chi connectivity index (χ0v) is 11.4. The van der Waals surface area contributed by atoms with Gasteiger partial charge in [0.05, 0.1) is 4.92 Å². The average Bonchev–Trinajstić information content (AvgIpc) is 2.40. The molecule has 1 aromatic carbocycles. The lowest BCUT2D eigenvalue weighted by molar-refractivity contribution is -0.386. The molecule has 0 aromatic heterocycles. The summed E-state index contributed by atoms with van der Waals surface area (Å²) in [5.74, 6) is -2.68. The highest BCUT2D eigenvalue weighted by molar-refractivity contribution is 5.50. The number of hydrogen-bond acceptors (Lipinski definition) is 3. The first-order chi connectivity index (χ1) is 9.31. The molecule has 1 aromatic rings. The highest BCUT2D eigenvalue weighted by Gasteiger charge is 2.46. The topological polar surface area (TPSA) is 69.2 Å². The van der Waals surface area contributed by atoms with E-state index in [1.54, 1.807) is 19.1 Å². The quantitative estimate of drug-likeness (QED) is 0.684. The maximum Gasteiger partial charge on any atom is 0.273 e. The highest BCUT2D eigenvalue weighted by Crippen LogP contribution is 2.48. The molecule has 110 valence electrons. The normalized spacial score (nSPS) is 20.6. The van der Waals surface area contributed by atoms with E-state index in [1.165, 1.54) is 6.07 Å². The fourth-order valence-corrected chi connectivity index (χ4v) is 3.14. The molecule has 2 rings (SSSR count). The van der Waals surface area contributed by atoms with Crippen LogP contribution in [0.1, 0.15) is 36.8 Å². The Morgan fingerprint density at radius 1 is 1.30 bits per heavy atom. The maximum atomic E-state index is 13.4. The SMILES string of the molecule is Cc1cccc([N+](=O)[O-])c1C1(CN)CCC(F)(F)CC1. The predicted molar refractivity (Wildman–Crippen MR) is 72.0 cm³/mol. The van der Waals surface area contributed by atoms with Gasteiger partial charge >= 0.3 is 0 Å². The number of rotatable bonds is 3. The van der Waals surface area contributed by atoms with E-state index in [1.807, 2.05) is 0 Å². The minimum absolute atomic E-state index is 0.0133. The molecule has 0 radical (unpaired) electrons. The van der Waals surface area contributed by atoms with Crippen molar-refractivity contribution >= 4 is 5.69 Å². The highest BCUT2D eigenvalue weighted by atomic mass is 19.3. The predicted octanol–water partition coefficient (Wildman–Crippen LogP) is 3.31. The third kappa shape index (κ3) is 2.52. The number of alkyl halides is 2. The molecule has 2 N–H and O–H groups in total. The first-order valence-electron chi connectivity index (χ1n) is 6.64. The van der Waals surface area contributed by atoms with Crippen molar-refractivity contribution in [2.75, 3.05) is 6.54 Å². The summed E-state index contributed by atoms with van der Waals surface area (Å²) in [6, 6.07) is 4.80. The Morgan fingerprint density at radius 2 is 1.90 bits per heavy atom. The fourth-order valence-electron chi connectivity index (χ4n) is 3.14. The minimum Gasteiger partial charge on any atom is -0.330 e. The Balaban J connectivity index is 2.50. The molecule has 0 aliphatic heterocycles. The molecule has 0 bridgehead atoms. The number of nitro groups is 1. The molecule has 0 spiro atoms. The monoisotopic (exact) mass is 284 g/mol. The van der Waals surface area contributed by atoms with Gasteiger partial charge in [0, 0.05) is 36.4 Å². The summed E-state index contributed by atoms with van der Waals surface area (Å²) >= 11 is 0. The van der Waals surface area contributed by atoms with Crippen molar-refractivity contribution in [3.8, 4) is 0 Å². The smallest absolute Gasteiger partial charge is 0.273 e. The third-order valence-corrected chi connectivity index (χ3v) is 4.31. The summed E-state index contributed by atoms with van der Waals surface area (Å²) in [5, 5.41) is 11.2. The van der Waals surface area contributed by atoms with Crippen molar-refractivity contribution in [1.82, 2.24) is 0 Å². The number of nitro benzene ring substituents is 1. The van der Waals surface area contributed by atoms with Crippen molar-refractivity contribution in [3.63, 3.8) is 0 Å². The van der Waals surface area contributed by atoms with Crippen LogP contribution >= 0.6 is 0 Å². The largest absolute Gasteiger partial charge is 0.330 e. The Kier molecular flexibility index (Phi) is 3.77. The Labute approximate surface area is 116 Å². The average molecular weight is 284 g/mol. The second-order valence-corrected chi connectivity index (χ2v) is 5.57. The van der Waals surface area contributed by atoms with Gasteiger partial charge in [-0.2, -0.15) is 0 Å². The van der Waals surface area contributed by atoms with E-state index in [0.29, 0.717) is 5.56 Å². The molecule has 0 unspecified atom stereocenters. The van der Waals surface area contributed by atoms with Gasteiger partial charge in [-0.15, -0.1) is 0 Å². The standard InChI is InChI=1S/C14H18F2N2O2/c1-10-3-2-4-11(18(19)20)12(10)13(9-17)5-7-14(15,16)8-6-13/h2-4H,5-9,17H2,1H3. The molecule has 1 aliphatic carbocycles. The maximum absolute atomic E-state index is 13.4. The van der Waals surface area contributed by atoms with Gasteiger partial charge < -0.3 is 5.73 Å². The van der Waals surface area contributed by atoms with Crippen LogP contribution in [0.15, 0.2) is 18.2 Å². The third-order valence-electron chi connectivity index (χ3n) is 4.31. The van der Waals surface area contributed by atoms with E-state index in [4.69, 9.17) is 5.73 Å². The molecule has 4 nitrogen and oxygen atoms in total. The molecule has 6 heteroatoms. The number of nitrogens with two attached hydrogens (primary N) is 1. The van der Waals surface area contributed by atoms with Crippen molar-refractivity contribution < 1.29 is 13.7 Å². The van der Waals surface area contributed by atoms with E-state index in [9.17, 15) is 18.9 Å². The first kappa shape index (κ1) is 14.8. The van der Waals surface area contributed by atoms with Gasteiger partial charge in [0.25, 0.3) is 5.69 Å². The van der Waals surface area contributed by atoms with Crippen molar-refractivity contribution in [2.45, 2.75) is 43.9 Å². The van der Waals surface area contributed by atoms with Crippen LogP contribution in [-0.4, -0.2) is 17.4 Å². The number of hydrogen-bond donors (Lipinski definition) is 1. The van der Waals surface area contributed by atoms with Gasteiger partial charge in [-0.05, 0) is 25.3 Å². The zero-order valence-electron chi connectivity index (χ0n) is 11.4. The van der Waals surface area contributed by atoms with Crippen LogP contribution in [0.25, 0.3) is 0 Å². The summed E-state index contributed by atoms with van der Waals surface area (Å²) in [6.07, 6.45) is -0.171. The van der Waals surface area contributed by atoms with E-state index < -0.39 is 16.3 Å². The number of halogens is 2. The molecule has 1 fully saturated rings. The van der Waals surface area contributed by atoms with Gasteiger partial charge in [-0.1, -0.05) is 12.1 Å². The molecular formula is C14H18F2N2O2. The first-order valence-corrected chi connectivity index (χ1v) is 6.64. The van der Waals surface area contributed by atoms with Gasteiger partial charge in [-0.3, -0.25) is 10.1 Å². The Morgan fingerprint density at radius 3 is 2.40 bits per heavy atom. The van der Waals surface area contributed by atoms with Crippen LogP contribution in [0.3, 0.4) is 0 Å². The summed E-state index contributed by atoms with van der Waals surface area (Å²) < 4.78 is 26.8. The molecule has 0 heterocycles. The van der Waals surface area contributed by atoms with Crippen molar-refractivity contribution in [1.29, 1.82) is 0 Å². The van der Waals surface area contributed by atoms with E-state index in [0.717, 1.165) is 5.56 Å². The van der Waals surface area contributed by atoms with Crippen LogP contribution in [0.2, 0.25) is 0 Å². The number of benzene rings is 1. The van der Waals surface area contributed by atoms with Gasteiger partial charge in [0.15, 0.2) is 0 Å². The molecule has 20 heavy (non-hydrogen) atoms. The molecule has 1 aliphatic rings. The second kappa shape index (κ2) is 5.09. The molecule has 1 saturated carbocycles. The summed E-state index contributed by atoms with van der Waals surface area (Å²) in [5.41, 5.74) is 6.38. The number of nitrogens with zero attached hydrogens (tertiary/aromatic N) is 1. The van der Waals surface area contributed by atoms with E-state index in [2.05, 4.69) is 0 Å². The molecule has 0 atom stereocenters. The van der Waals surface area contributed by atoms with Crippen LogP contribution in [0, 0.1) is 17.0 Å². The lowest BCUT2D eigenvalue weighted by Crippen LogP contribution is -2.43. The van der Waals surface area contributed by atoms with Crippen LogP contribution in [-0.2, 0) is 5.41 Å². The molecular weight excluding hydrogens is 266 g/mol. The minimum atomic E-state index is -2.68. The van der Waals surface area contributed by atoms with Crippen LogP contribution in [0.5, 0.6) is 0 Å². The van der Waals surface area contributed by atoms with Crippen molar-refractivity contribution in [3.05, 3.63) is 39.4 Å². The molecule has 0 saturated heterocycles. The van der Waals surface area contributed by atoms with Gasteiger partial charge in [-0.25, -0.2) is 8.78 Å². The zero-order chi connectivity index (χ0) is 15.0. The van der Waals surface area contributed by atoms with Gasteiger partial charge in [0.2, 0.25) is 5.92 Å². The molecule has 0 amide bonds. The van der Waals surface area contributed by atoms with E-state index >= 15 is 0 Å². The second-order valence-electron chi connectivity index (χ2n) is 5.57. The summed E-state index contributed by atoms with van der Waals surface area (Å²) in [4.78, 5) is 10.8. The van der Waals surface area contributed by atoms with Gasteiger partial charge in [0.1, 0.15) is 0 Å². The summed E-state index contributed by atoms with van der Waals surface area (Å²) in [6.45, 7) is 1.92.